The van der Waals surface area contributed by atoms with Crippen LogP contribution in [0.15, 0.2) is 0 Å². The third-order valence-corrected chi connectivity index (χ3v) is 24.3. The average molecular weight is 859 g/mol. The molecule has 0 saturated heterocycles. The second-order valence-electron chi connectivity index (χ2n) is 25.0. The first-order valence-electron chi connectivity index (χ1n) is 26.3. The minimum absolute atomic E-state index is 0. The van der Waals surface area contributed by atoms with Gasteiger partial charge in [-0.05, 0) is 287 Å². The molecule has 32 rings (SSSR count). The zero-order valence-corrected chi connectivity index (χ0v) is 38.4. The Morgan fingerprint density at radius 1 is 0.261 bits per heavy atom. The molecule has 0 saturated carbocycles. The smallest absolute Gasteiger partial charge is 0.343 e. The summed E-state index contributed by atoms with van der Waals surface area (Å²) in [5, 5.41) is 94.6. The van der Waals surface area contributed by atoms with E-state index in [4.69, 9.17) is 0 Å². The average Bonchev–Trinajstić information content (AvgIpc) is 4.21. The van der Waals surface area contributed by atoms with Crippen LogP contribution in [0.2, 0.25) is 0 Å². The molecular weight excluding hydrogens is 841 g/mol. The van der Waals surface area contributed by atoms with E-state index in [0.717, 1.165) is 6.42 Å². The summed E-state index contributed by atoms with van der Waals surface area (Å²) >= 11 is 0. The van der Waals surface area contributed by atoms with Crippen LogP contribution in [0.4, 0.5) is 0 Å². The zero-order chi connectivity index (χ0) is 41.1. The van der Waals surface area contributed by atoms with Gasteiger partial charge in [-0.2, -0.15) is 6.42 Å². The van der Waals surface area contributed by atoms with Crippen molar-refractivity contribution in [1.82, 2.24) is 0 Å². The molecule has 0 N–H and O–H groups in total. The van der Waals surface area contributed by atoms with Crippen LogP contribution in [-0.4, -0.2) is 23.1 Å². The van der Waals surface area contributed by atoms with Crippen molar-refractivity contribution in [1.29, 1.82) is 0 Å². The summed E-state index contributed by atoms with van der Waals surface area (Å²) in [6.45, 7) is 8.20. The minimum Gasteiger partial charge on any atom is -0.343 e. The maximum atomic E-state index is 3.60. The molecule has 69 heavy (non-hydrogen) atoms. The van der Waals surface area contributed by atoms with E-state index in [9.17, 15) is 0 Å². The van der Waals surface area contributed by atoms with Gasteiger partial charge in [0.05, 0.1) is 0 Å². The van der Waals surface area contributed by atoms with Crippen LogP contribution in [0.1, 0.15) is 62.6 Å². The van der Waals surface area contributed by atoms with Gasteiger partial charge in [0.25, 0.3) is 0 Å². The number of benzene rings is 18. The van der Waals surface area contributed by atoms with Crippen LogP contribution in [-0.2, 0) is 5.41 Å². The summed E-state index contributed by atoms with van der Waals surface area (Å²) in [5.74, 6) is 0. The monoisotopic (exact) mass is 858 g/mol. The number of unbranched alkanes of at least 4 members (excludes halogenated alkanes) is 2. The molecule has 0 bridgehead atoms. The van der Waals surface area contributed by atoms with Crippen molar-refractivity contribution < 1.29 is 0 Å². The van der Waals surface area contributed by atoms with Crippen LogP contribution < -0.4 is 0 Å². The first-order chi connectivity index (χ1) is 33.8. The number of hydrogen-bond donors (Lipinski definition) is 0. The molecule has 29 aromatic rings. The molecule has 3 aliphatic rings. The van der Waals surface area contributed by atoms with E-state index < -0.39 is 0 Å². The van der Waals surface area contributed by atoms with Gasteiger partial charge >= 0.3 is 23.1 Å². The Morgan fingerprint density at radius 3 is 0.609 bits per heavy atom. The zero-order valence-electron chi connectivity index (χ0n) is 36.9. The molecule has 0 aliphatic heterocycles. The molecule has 0 heterocycles. The third kappa shape index (κ3) is 1.60. The summed E-state index contributed by atoms with van der Waals surface area (Å²) in [7, 11) is 0. The van der Waals surface area contributed by atoms with Crippen LogP contribution in [0.3, 0.4) is 0 Å². The molecular formula is C68H18Mg. The normalized spacial score (nSPS) is 17.8. The Bertz CT molecular complexity index is 6510. The molecule has 0 amide bonds. The molecule has 29 aromatic carbocycles. The van der Waals surface area contributed by atoms with E-state index in [1.807, 2.05) is 0 Å². The van der Waals surface area contributed by atoms with Gasteiger partial charge in [-0.1, -0.05) is 60.2 Å². The maximum absolute atomic E-state index is 3.60. The van der Waals surface area contributed by atoms with Crippen molar-refractivity contribution in [3.05, 3.63) is 23.6 Å². The fourth-order valence-electron chi connectivity index (χ4n) is 23.8. The molecule has 0 spiro atoms. The molecule has 0 aromatic heterocycles. The molecule has 1 heteroatoms. The first-order valence-corrected chi connectivity index (χ1v) is 26.3. The number of hydrogen-bond acceptors (Lipinski definition) is 0. The van der Waals surface area contributed by atoms with E-state index in [-0.39, 0.29) is 28.5 Å². The molecule has 3 aliphatic carbocycles. The van der Waals surface area contributed by atoms with Gasteiger partial charge in [0.2, 0.25) is 0 Å². The van der Waals surface area contributed by atoms with Gasteiger partial charge in [-0.15, -0.1) is 10.8 Å². The molecule has 0 unspecified atom stereocenters. The van der Waals surface area contributed by atoms with Gasteiger partial charge in [-0.3, -0.25) is 0 Å². The molecule has 292 valence electrons. The molecule has 0 fully saturated rings. The van der Waals surface area contributed by atoms with Crippen molar-refractivity contribution in [2.75, 3.05) is 0 Å². The van der Waals surface area contributed by atoms with Gasteiger partial charge in [-0.25, -0.2) is 0 Å². The fourth-order valence-corrected chi connectivity index (χ4v) is 23.8. The van der Waals surface area contributed by atoms with Crippen molar-refractivity contribution in [2.45, 2.75) is 51.4 Å². The maximum Gasteiger partial charge on any atom is 2.00 e. The van der Waals surface area contributed by atoms with Crippen molar-refractivity contribution >= 4 is 325 Å². The van der Waals surface area contributed by atoms with Crippen LogP contribution in [0.25, 0.3) is 302 Å². The predicted molar refractivity (Wildman–Crippen MR) is 302 cm³/mol. The Labute approximate surface area is 396 Å². The van der Waals surface area contributed by atoms with Gasteiger partial charge < -0.3 is 6.92 Å². The topological polar surface area (TPSA) is 0 Å². The molecule has 0 atom stereocenters. The fraction of sp³-hybridized carbons (Fsp3) is 0.118. The Kier molecular flexibility index (Phi) is 2.78. The Hall–Kier alpha value is -6.90. The van der Waals surface area contributed by atoms with E-state index in [0.29, 0.717) is 0 Å². The summed E-state index contributed by atoms with van der Waals surface area (Å²) in [5.41, 5.74) is 5.27. The second kappa shape index (κ2) is 6.73. The van der Waals surface area contributed by atoms with E-state index in [1.165, 1.54) is 25.7 Å². The minimum atomic E-state index is -0.124. The molecule has 0 nitrogen and oxygen atoms in total. The third-order valence-electron chi connectivity index (χ3n) is 24.3. The van der Waals surface area contributed by atoms with Gasteiger partial charge in [0.1, 0.15) is 0 Å². The van der Waals surface area contributed by atoms with Crippen LogP contribution in [0.5, 0.6) is 0 Å². The molecule has 0 radical (unpaired) electrons. The Morgan fingerprint density at radius 2 is 0.420 bits per heavy atom. The largest absolute Gasteiger partial charge is 2.00 e. The van der Waals surface area contributed by atoms with Crippen LogP contribution in [0, 0.1) is 6.92 Å². The quantitative estimate of drug-likeness (QED) is 0.0940. The van der Waals surface area contributed by atoms with Gasteiger partial charge in [0.15, 0.2) is 0 Å². The number of rotatable bonds is 4. The second-order valence-corrected chi connectivity index (χ2v) is 25.0. The van der Waals surface area contributed by atoms with E-state index in [2.05, 4.69) is 20.8 Å². The summed E-state index contributed by atoms with van der Waals surface area (Å²) < 4.78 is 0. The Balaban J connectivity index is 0.000000609. The standard InChI is InChI=1S/C64H9.C4H9.Mg/c1-2-3-4-64-61-57-51-37-29-21-9-6-5-7-10(9)22-24-20-14(7)16-12-8(5)11-15-13(6)19-23(21)35(37)43-41-27(19)25(15)33-31-17(11)18(12)32-34-26(16)28(20)42-44-36(24)38(30(22)29)52(51)58(61)54(44)56-48(42)46(34)50-40(32)39(31)49-45(33)47(41)55(53(43)57)62(64)59(49)60(50)63(56)64;1-3-4-2;/h2-4H2,1H3;1,3-4H2,2H3;/q2*-1;+2. The van der Waals surface area contributed by atoms with Crippen molar-refractivity contribution in [2.24, 2.45) is 0 Å². The van der Waals surface area contributed by atoms with Crippen LogP contribution >= 0.6 is 0 Å². The predicted octanol–water partition coefficient (Wildman–Crippen LogP) is 19.8. The van der Waals surface area contributed by atoms with Crippen molar-refractivity contribution in [3.63, 3.8) is 0 Å². The summed E-state index contributed by atoms with van der Waals surface area (Å²) in [6.07, 6.45) is 6.01. The SMILES string of the molecule is CCCCC12c3c4c5c1c1c6c7c5c5c8c4c4c9c3c3c%10c9c9c%11c4c8c4c8c5c7c5c7c6c6c%12c%13c7c7c5c8c5c4c%11c4c9c8c9c%11c4c5c7c%11c%13c4c9c(c8%10)c5c(c4%12)c(c16)[c-]2c35.[CH2-]CCC.[Mg+2]. The summed E-state index contributed by atoms with van der Waals surface area (Å²) in [4.78, 5) is 0. The first kappa shape index (κ1) is 28.6. The van der Waals surface area contributed by atoms with E-state index in [1.54, 1.807) is 318 Å². The summed E-state index contributed by atoms with van der Waals surface area (Å²) in [6, 6.07) is 0. The van der Waals surface area contributed by atoms with Crippen molar-refractivity contribution in [3.8, 4) is 0 Å². The van der Waals surface area contributed by atoms with Gasteiger partial charge in [0, 0.05) is 5.41 Å². The van der Waals surface area contributed by atoms with E-state index >= 15 is 0 Å².